The Labute approximate surface area is 117 Å². The van der Waals surface area contributed by atoms with Crippen molar-refractivity contribution in [3.05, 3.63) is 29.8 Å². The van der Waals surface area contributed by atoms with Crippen molar-refractivity contribution in [3.63, 3.8) is 0 Å². The van der Waals surface area contributed by atoms with Gasteiger partial charge in [-0.1, -0.05) is 6.07 Å². The summed E-state index contributed by atoms with van der Waals surface area (Å²) < 4.78 is 55.5. The third kappa shape index (κ3) is 3.40. The second-order valence-electron chi connectivity index (χ2n) is 4.09. The normalized spacial score (nSPS) is 12.2. The molecular weight excluding hydrogens is 300 g/mol. The number of ether oxygens (including phenoxy) is 1. The van der Waals surface area contributed by atoms with Gasteiger partial charge in [-0.3, -0.25) is 0 Å². The van der Waals surface area contributed by atoms with Gasteiger partial charge in [0.1, 0.15) is 17.9 Å². The summed E-state index contributed by atoms with van der Waals surface area (Å²) in [6.45, 7) is -1.35. The van der Waals surface area contributed by atoms with E-state index in [0.717, 1.165) is 0 Å². The molecular formula is C12H11ClF4N2O. The van der Waals surface area contributed by atoms with Crippen molar-refractivity contribution in [1.82, 2.24) is 9.55 Å². The van der Waals surface area contributed by atoms with Crippen LogP contribution in [0.3, 0.4) is 0 Å². The summed E-state index contributed by atoms with van der Waals surface area (Å²) in [7, 11) is 0. The second-order valence-corrected chi connectivity index (χ2v) is 4.36. The molecule has 20 heavy (non-hydrogen) atoms. The number of alkyl halides is 4. The number of nitrogens with zero attached hydrogens (tertiary/aromatic N) is 2. The minimum atomic E-state index is -4.36. The maximum absolute atomic E-state index is 13.6. The fourth-order valence-electron chi connectivity index (χ4n) is 1.86. The van der Waals surface area contributed by atoms with Crippen molar-refractivity contribution in [2.24, 2.45) is 0 Å². The number of benzene rings is 1. The highest BCUT2D eigenvalue weighted by Crippen LogP contribution is 2.20. The van der Waals surface area contributed by atoms with E-state index >= 15 is 0 Å². The molecule has 0 N–H and O–H groups in total. The number of aromatic nitrogens is 2. The van der Waals surface area contributed by atoms with Crippen molar-refractivity contribution in [1.29, 1.82) is 0 Å². The van der Waals surface area contributed by atoms with Crippen LogP contribution in [0.2, 0.25) is 0 Å². The SMILES string of the molecule is Fc1cccc2c1nc(CCl)n2CCOCC(F)(F)F. The largest absolute Gasteiger partial charge is 0.411 e. The topological polar surface area (TPSA) is 27.1 Å². The van der Waals surface area contributed by atoms with Gasteiger partial charge < -0.3 is 9.30 Å². The van der Waals surface area contributed by atoms with Gasteiger partial charge in [0.05, 0.1) is 18.0 Å². The molecule has 0 unspecified atom stereocenters. The van der Waals surface area contributed by atoms with Crippen molar-refractivity contribution < 1.29 is 22.3 Å². The Balaban J connectivity index is 2.14. The van der Waals surface area contributed by atoms with Gasteiger partial charge in [-0.2, -0.15) is 13.2 Å². The zero-order valence-electron chi connectivity index (χ0n) is 10.3. The van der Waals surface area contributed by atoms with Crippen LogP contribution in [-0.2, 0) is 17.2 Å². The smallest absolute Gasteiger partial charge is 0.370 e. The predicted molar refractivity (Wildman–Crippen MR) is 66.1 cm³/mol. The summed E-state index contributed by atoms with van der Waals surface area (Å²) in [4.78, 5) is 4.04. The average molecular weight is 311 g/mol. The van der Waals surface area contributed by atoms with Crippen molar-refractivity contribution >= 4 is 22.6 Å². The molecule has 0 saturated heterocycles. The van der Waals surface area contributed by atoms with E-state index in [2.05, 4.69) is 9.72 Å². The lowest BCUT2D eigenvalue weighted by molar-refractivity contribution is -0.174. The zero-order chi connectivity index (χ0) is 14.8. The Morgan fingerprint density at radius 2 is 2.05 bits per heavy atom. The van der Waals surface area contributed by atoms with E-state index in [1.54, 1.807) is 10.6 Å². The molecule has 0 radical (unpaired) electrons. The number of halogens is 5. The van der Waals surface area contributed by atoms with Crippen LogP contribution >= 0.6 is 11.6 Å². The number of imidazole rings is 1. The first-order chi connectivity index (χ1) is 9.42. The molecule has 0 fully saturated rings. The minimum absolute atomic E-state index is 0.0351. The van der Waals surface area contributed by atoms with E-state index in [1.807, 2.05) is 0 Å². The Kier molecular flexibility index (Phi) is 4.49. The van der Waals surface area contributed by atoms with Gasteiger partial charge in [0.2, 0.25) is 0 Å². The number of hydrogen-bond acceptors (Lipinski definition) is 2. The van der Waals surface area contributed by atoms with E-state index in [1.165, 1.54) is 12.1 Å². The quantitative estimate of drug-likeness (QED) is 0.480. The zero-order valence-corrected chi connectivity index (χ0v) is 11.0. The third-order valence-electron chi connectivity index (χ3n) is 2.65. The lowest BCUT2D eigenvalue weighted by atomic mass is 10.3. The molecule has 1 aromatic heterocycles. The molecule has 1 heterocycles. The van der Waals surface area contributed by atoms with Gasteiger partial charge in [0.25, 0.3) is 0 Å². The number of fused-ring (bicyclic) bond motifs is 1. The van der Waals surface area contributed by atoms with Crippen LogP contribution in [0.25, 0.3) is 11.0 Å². The first-order valence-corrected chi connectivity index (χ1v) is 6.30. The summed E-state index contributed by atoms with van der Waals surface area (Å²) in [6.07, 6.45) is -4.36. The lowest BCUT2D eigenvalue weighted by Crippen LogP contribution is -2.19. The maximum atomic E-state index is 13.6. The highest BCUT2D eigenvalue weighted by molar-refractivity contribution is 6.16. The Hall–Kier alpha value is -1.34. The standard InChI is InChI=1S/C12H11ClF4N2O/c13-6-10-18-11-8(14)2-1-3-9(11)19(10)4-5-20-7-12(15,16)17/h1-3H,4-7H2. The molecule has 0 spiro atoms. The van der Waals surface area contributed by atoms with Gasteiger partial charge in [0, 0.05) is 6.54 Å². The monoisotopic (exact) mass is 310 g/mol. The average Bonchev–Trinajstić information content (AvgIpc) is 2.73. The predicted octanol–water partition coefficient (Wildman–Crippen LogP) is 3.49. The lowest BCUT2D eigenvalue weighted by Gasteiger charge is -2.10. The molecule has 0 atom stereocenters. The van der Waals surface area contributed by atoms with Crippen LogP contribution in [0, 0.1) is 5.82 Å². The van der Waals surface area contributed by atoms with E-state index in [0.29, 0.717) is 11.3 Å². The molecule has 0 bridgehead atoms. The Morgan fingerprint density at radius 3 is 2.70 bits per heavy atom. The van der Waals surface area contributed by atoms with E-state index in [4.69, 9.17) is 11.6 Å². The van der Waals surface area contributed by atoms with Crippen molar-refractivity contribution in [2.75, 3.05) is 13.2 Å². The highest BCUT2D eigenvalue weighted by Gasteiger charge is 2.27. The van der Waals surface area contributed by atoms with Crippen molar-refractivity contribution in [3.8, 4) is 0 Å². The van der Waals surface area contributed by atoms with E-state index in [9.17, 15) is 17.6 Å². The van der Waals surface area contributed by atoms with Gasteiger partial charge >= 0.3 is 6.18 Å². The molecule has 0 amide bonds. The second kappa shape index (κ2) is 5.97. The summed E-state index contributed by atoms with van der Waals surface area (Å²) in [6, 6.07) is 4.40. The summed E-state index contributed by atoms with van der Waals surface area (Å²) >= 11 is 5.71. The van der Waals surface area contributed by atoms with Gasteiger partial charge in [-0.05, 0) is 12.1 Å². The van der Waals surface area contributed by atoms with Crippen molar-refractivity contribution in [2.45, 2.75) is 18.6 Å². The molecule has 0 aliphatic carbocycles. The van der Waals surface area contributed by atoms with E-state index in [-0.39, 0.29) is 24.5 Å². The third-order valence-corrected chi connectivity index (χ3v) is 2.89. The van der Waals surface area contributed by atoms with Gasteiger partial charge in [-0.15, -0.1) is 11.6 Å². The van der Waals surface area contributed by atoms with E-state index < -0.39 is 18.6 Å². The molecule has 2 rings (SSSR count). The highest BCUT2D eigenvalue weighted by atomic mass is 35.5. The molecule has 2 aromatic rings. The maximum Gasteiger partial charge on any atom is 0.411 e. The number of para-hydroxylation sites is 1. The molecule has 0 saturated carbocycles. The van der Waals surface area contributed by atoms with Crippen LogP contribution in [0.4, 0.5) is 17.6 Å². The van der Waals surface area contributed by atoms with Crippen LogP contribution in [-0.4, -0.2) is 28.9 Å². The summed E-state index contributed by atoms with van der Waals surface area (Å²) in [5.74, 6) is -0.0703. The van der Waals surface area contributed by atoms with Gasteiger partial charge in [-0.25, -0.2) is 9.37 Å². The van der Waals surface area contributed by atoms with Crippen LogP contribution < -0.4 is 0 Å². The molecule has 0 aliphatic heterocycles. The van der Waals surface area contributed by atoms with Crippen LogP contribution in [0.1, 0.15) is 5.82 Å². The molecule has 110 valence electrons. The minimum Gasteiger partial charge on any atom is -0.370 e. The molecule has 3 nitrogen and oxygen atoms in total. The Bertz CT molecular complexity index is 597. The first kappa shape index (κ1) is 15.1. The van der Waals surface area contributed by atoms with Gasteiger partial charge in [0.15, 0.2) is 5.82 Å². The van der Waals surface area contributed by atoms with Crippen LogP contribution in [0.15, 0.2) is 18.2 Å². The van der Waals surface area contributed by atoms with Crippen LogP contribution in [0.5, 0.6) is 0 Å². The fraction of sp³-hybridized carbons (Fsp3) is 0.417. The summed E-state index contributed by atoms with van der Waals surface area (Å²) in [5, 5.41) is 0. The number of rotatable bonds is 5. The molecule has 8 heteroatoms. The number of hydrogen-bond donors (Lipinski definition) is 0. The Morgan fingerprint density at radius 1 is 1.30 bits per heavy atom. The molecule has 1 aromatic carbocycles. The first-order valence-electron chi connectivity index (χ1n) is 5.76. The fourth-order valence-corrected chi connectivity index (χ4v) is 2.06. The summed E-state index contributed by atoms with van der Waals surface area (Å²) in [5.41, 5.74) is 0.634. The molecule has 0 aliphatic rings.